The first-order valence-electron chi connectivity index (χ1n) is 8.23. The van der Waals surface area contributed by atoms with Crippen LogP contribution in [0.4, 0.5) is 0 Å². The van der Waals surface area contributed by atoms with Crippen molar-refractivity contribution in [2.45, 2.75) is 18.3 Å². The number of ether oxygens (including phenoxy) is 2. The molecule has 1 aliphatic carbocycles. The lowest BCUT2D eigenvalue weighted by Gasteiger charge is -2.16. The fourth-order valence-corrected chi connectivity index (χ4v) is 3.25. The van der Waals surface area contributed by atoms with E-state index < -0.39 is 23.2 Å². The van der Waals surface area contributed by atoms with Crippen LogP contribution in [0.3, 0.4) is 0 Å². The van der Waals surface area contributed by atoms with Gasteiger partial charge in [0, 0.05) is 6.42 Å². The second-order valence-corrected chi connectivity index (χ2v) is 6.23. The first-order valence-corrected chi connectivity index (χ1v) is 8.23. The SMILES string of the molecule is COC(=O)[C@]1(c2cccc(OCCc3ccccc3)c2)CC1C(N)=O. The third kappa shape index (κ3) is 3.36. The zero-order chi connectivity index (χ0) is 17.9. The van der Waals surface area contributed by atoms with Crippen molar-refractivity contribution >= 4 is 11.9 Å². The fraction of sp³-hybridized carbons (Fsp3) is 0.300. The highest BCUT2D eigenvalue weighted by molar-refractivity contribution is 5.97. The van der Waals surface area contributed by atoms with E-state index in [1.54, 1.807) is 6.07 Å². The van der Waals surface area contributed by atoms with Gasteiger partial charge in [-0.15, -0.1) is 0 Å². The Kier molecular flexibility index (Phi) is 4.74. The molecule has 0 heterocycles. The number of primary amides is 1. The van der Waals surface area contributed by atoms with E-state index >= 15 is 0 Å². The highest BCUT2D eigenvalue weighted by Gasteiger charge is 2.65. The van der Waals surface area contributed by atoms with E-state index in [0.717, 1.165) is 6.42 Å². The molecule has 1 saturated carbocycles. The van der Waals surface area contributed by atoms with Gasteiger partial charge in [0.15, 0.2) is 0 Å². The van der Waals surface area contributed by atoms with Crippen LogP contribution in [-0.4, -0.2) is 25.6 Å². The average Bonchev–Trinajstić information content (AvgIpc) is 3.40. The van der Waals surface area contributed by atoms with Crippen molar-refractivity contribution in [1.29, 1.82) is 0 Å². The standard InChI is InChI=1S/C20H21NO4/c1-24-19(23)20(13-17(20)18(21)22)15-8-5-9-16(12-15)25-11-10-14-6-3-2-4-7-14/h2-9,12,17H,10-11,13H2,1H3,(H2,21,22)/t17?,20-/m0/s1. The second-order valence-electron chi connectivity index (χ2n) is 6.23. The molecule has 2 N–H and O–H groups in total. The quantitative estimate of drug-likeness (QED) is 0.785. The minimum absolute atomic E-state index is 0.377. The molecular weight excluding hydrogens is 318 g/mol. The maximum Gasteiger partial charge on any atom is 0.317 e. The van der Waals surface area contributed by atoms with E-state index in [2.05, 4.69) is 0 Å². The van der Waals surface area contributed by atoms with Crippen molar-refractivity contribution in [2.75, 3.05) is 13.7 Å². The highest BCUT2D eigenvalue weighted by atomic mass is 16.5. The number of rotatable bonds is 7. The molecule has 2 aromatic carbocycles. The topological polar surface area (TPSA) is 78.6 Å². The Hall–Kier alpha value is -2.82. The van der Waals surface area contributed by atoms with E-state index in [0.29, 0.717) is 24.3 Å². The Morgan fingerprint density at radius 1 is 1.16 bits per heavy atom. The van der Waals surface area contributed by atoms with Crippen LogP contribution >= 0.6 is 0 Å². The number of carbonyl (C=O) groups is 2. The van der Waals surface area contributed by atoms with E-state index in [9.17, 15) is 9.59 Å². The predicted octanol–water partition coefficient (Wildman–Crippen LogP) is 2.22. The molecule has 5 nitrogen and oxygen atoms in total. The summed E-state index contributed by atoms with van der Waals surface area (Å²) in [4.78, 5) is 23.8. The summed E-state index contributed by atoms with van der Waals surface area (Å²) in [6.07, 6.45) is 1.17. The summed E-state index contributed by atoms with van der Waals surface area (Å²) < 4.78 is 10.7. The Morgan fingerprint density at radius 3 is 2.56 bits per heavy atom. The Labute approximate surface area is 146 Å². The van der Waals surface area contributed by atoms with Crippen molar-refractivity contribution < 1.29 is 19.1 Å². The van der Waals surface area contributed by atoms with Crippen molar-refractivity contribution in [3.05, 3.63) is 65.7 Å². The maximum absolute atomic E-state index is 12.3. The minimum Gasteiger partial charge on any atom is -0.493 e. The molecule has 2 aromatic rings. The van der Waals surface area contributed by atoms with Crippen LogP contribution in [0.15, 0.2) is 54.6 Å². The Balaban J connectivity index is 1.72. The summed E-state index contributed by atoms with van der Waals surface area (Å²) in [5.41, 5.74) is 6.34. The van der Waals surface area contributed by atoms with Crippen LogP contribution in [0.1, 0.15) is 17.5 Å². The van der Waals surface area contributed by atoms with Crippen LogP contribution in [0, 0.1) is 5.92 Å². The number of amides is 1. The third-order valence-corrected chi connectivity index (χ3v) is 4.71. The number of nitrogens with two attached hydrogens (primary N) is 1. The summed E-state index contributed by atoms with van der Waals surface area (Å²) in [5.74, 6) is -0.787. The average molecular weight is 339 g/mol. The number of carbonyl (C=O) groups excluding carboxylic acids is 2. The zero-order valence-corrected chi connectivity index (χ0v) is 14.1. The highest BCUT2D eigenvalue weighted by Crippen LogP contribution is 2.55. The molecule has 1 unspecified atom stereocenters. The number of methoxy groups -OCH3 is 1. The second kappa shape index (κ2) is 6.97. The molecule has 0 bridgehead atoms. The van der Waals surface area contributed by atoms with Gasteiger partial charge in [0.1, 0.15) is 11.2 Å². The van der Waals surface area contributed by atoms with E-state index in [1.807, 2.05) is 48.5 Å². The molecule has 25 heavy (non-hydrogen) atoms. The van der Waals surface area contributed by atoms with Gasteiger partial charge >= 0.3 is 5.97 Å². The summed E-state index contributed by atoms with van der Waals surface area (Å²) in [6.45, 7) is 0.526. The number of hydrogen-bond donors (Lipinski definition) is 1. The Bertz CT molecular complexity index is 774. The van der Waals surface area contributed by atoms with E-state index in [1.165, 1.54) is 12.7 Å². The van der Waals surface area contributed by atoms with Crippen molar-refractivity contribution in [2.24, 2.45) is 11.7 Å². The zero-order valence-electron chi connectivity index (χ0n) is 14.1. The predicted molar refractivity (Wildman–Crippen MR) is 93.1 cm³/mol. The monoisotopic (exact) mass is 339 g/mol. The van der Waals surface area contributed by atoms with E-state index in [4.69, 9.17) is 15.2 Å². The fourth-order valence-electron chi connectivity index (χ4n) is 3.25. The molecule has 0 aliphatic heterocycles. The molecule has 0 radical (unpaired) electrons. The van der Waals surface area contributed by atoms with Gasteiger partial charge in [-0.2, -0.15) is 0 Å². The summed E-state index contributed by atoms with van der Waals surface area (Å²) in [5, 5.41) is 0. The van der Waals surface area contributed by atoms with Gasteiger partial charge in [-0.1, -0.05) is 42.5 Å². The van der Waals surface area contributed by atoms with Gasteiger partial charge in [0.05, 0.1) is 19.6 Å². The van der Waals surface area contributed by atoms with Crippen molar-refractivity contribution in [3.63, 3.8) is 0 Å². The van der Waals surface area contributed by atoms with Crippen LogP contribution in [-0.2, 0) is 26.2 Å². The van der Waals surface area contributed by atoms with Gasteiger partial charge in [0.25, 0.3) is 0 Å². The number of hydrogen-bond acceptors (Lipinski definition) is 4. The van der Waals surface area contributed by atoms with Crippen LogP contribution < -0.4 is 10.5 Å². The summed E-state index contributed by atoms with van der Waals surface area (Å²) >= 11 is 0. The third-order valence-electron chi connectivity index (χ3n) is 4.71. The molecule has 2 atom stereocenters. The molecule has 0 aromatic heterocycles. The lowest BCUT2D eigenvalue weighted by molar-refractivity contribution is -0.145. The largest absolute Gasteiger partial charge is 0.493 e. The lowest BCUT2D eigenvalue weighted by Crippen LogP contribution is -2.29. The van der Waals surface area contributed by atoms with Crippen molar-refractivity contribution in [1.82, 2.24) is 0 Å². The minimum atomic E-state index is -0.973. The molecule has 5 heteroatoms. The molecule has 3 rings (SSSR count). The van der Waals surface area contributed by atoms with Gasteiger partial charge in [-0.25, -0.2) is 0 Å². The molecule has 1 fully saturated rings. The molecule has 130 valence electrons. The van der Waals surface area contributed by atoms with Crippen LogP contribution in [0.5, 0.6) is 5.75 Å². The van der Waals surface area contributed by atoms with E-state index in [-0.39, 0.29) is 0 Å². The number of benzene rings is 2. The molecule has 0 spiro atoms. The first-order chi connectivity index (χ1) is 12.1. The molecule has 1 amide bonds. The number of esters is 1. The van der Waals surface area contributed by atoms with Gasteiger partial charge in [0.2, 0.25) is 5.91 Å². The van der Waals surface area contributed by atoms with Gasteiger partial charge in [-0.3, -0.25) is 9.59 Å². The first kappa shape index (κ1) is 17.0. The maximum atomic E-state index is 12.3. The smallest absolute Gasteiger partial charge is 0.317 e. The summed E-state index contributed by atoms with van der Waals surface area (Å²) in [6, 6.07) is 17.3. The van der Waals surface area contributed by atoms with Crippen LogP contribution in [0.2, 0.25) is 0 Å². The molecule has 1 aliphatic rings. The van der Waals surface area contributed by atoms with Crippen LogP contribution in [0.25, 0.3) is 0 Å². The Morgan fingerprint density at radius 2 is 1.92 bits per heavy atom. The normalized spacial score (nSPS) is 21.4. The van der Waals surface area contributed by atoms with Crippen molar-refractivity contribution in [3.8, 4) is 5.75 Å². The summed E-state index contributed by atoms with van der Waals surface area (Å²) in [7, 11) is 1.32. The van der Waals surface area contributed by atoms with Gasteiger partial charge in [-0.05, 0) is 29.7 Å². The lowest BCUT2D eigenvalue weighted by atomic mass is 9.92. The van der Waals surface area contributed by atoms with Gasteiger partial charge < -0.3 is 15.2 Å². The molecule has 0 saturated heterocycles. The molecular formula is C20H21NO4.